The van der Waals surface area contributed by atoms with Crippen molar-refractivity contribution < 1.29 is 23.0 Å². The van der Waals surface area contributed by atoms with Crippen LogP contribution in [0.3, 0.4) is 0 Å². The fraction of sp³-hybridized carbons (Fsp3) is 0.538. The highest BCUT2D eigenvalue weighted by Crippen LogP contribution is 2.40. The van der Waals surface area contributed by atoms with Gasteiger partial charge in [0.1, 0.15) is 5.75 Å². The number of halogens is 4. The van der Waals surface area contributed by atoms with Gasteiger partial charge in [0.05, 0.1) is 22.8 Å². The molecule has 1 aliphatic rings. The molecule has 34 heavy (non-hydrogen) atoms. The van der Waals surface area contributed by atoms with Gasteiger partial charge in [-0.1, -0.05) is 23.7 Å². The topological polar surface area (TPSA) is 44.7 Å². The number of nitrogens with one attached hydrogen (secondary N) is 1. The summed E-state index contributed by atoms with van der Waals surface area (Å²) in [5.41, 5.74) is 1.57. The monoisotopic (exact) mass is 498 g/mol. The summed E-state index contributed by atoms with van der Waals surface area (Å²) in [5, 5.41) is 13.9. The number of benzene rings is 2. The van der Waals surface area contributed by atoms with Crippen LogP contribution < -0.4 is 10.1 Å². The van der Waals surface area contributed by atoms with Gasteiger partial charge in [0.15, 0.2) is 0 Å². The number of likely N-dealkylation sites (tertiary alicyclic amines) is 1. The fourth-order valence-corrected chi connectivity index (χ4v) is 4.63. The van der Waals surface area contributed by atoms with Crippen LogP contribution >= 0.6 is 11.6 Å². The Morgan fingerprint density at radius 2 is 1.79 bits per heavy atom. The van der Waals surface area contributed by atoms with Crippen LogP contribution in [0.4, 0.5) is 13.2 Å². The molecule has 0 bridgehead atoms. The largest absolute Gasteiger partial charge is 0.493 e. The van der Waals surface area contributed by atoms with Gasteiger partial charge in [-0.3, -0.25) is 4.90 Å². The van der Waals surface area contributed by atoms with Crippen LogP contribution in [0.15, 0.2) is 30.3 Å². The number of hydrogen-bond acceptors (Lipinski definition) is 4. The van der Waals surface area contributed by atoms with E-state index in [-0.39, 0.29) is 10.6 Å². The number of nitrogens with zero attached hydrogens (tertiary/aromatic N) is 1. The molecular weight excluding hydrogens is 465 g/mol. The summed E-state index contributed by atoms with van der Waals surface area (Å²) in [6.07, 6.45) is -1.77. The molecule has 2 aromatic carbocycles. The minimum atomic E-state index is -4.55. The molecule has 1 heterocycles. The Hall–Kier alpha value is -1.80. The van der Waals surface area contributed by atoms with Crippen LogP contribution in [0.5, 0.6) is 5.75 Å². The van der Waals surface area contributed by atoms with Crippen LogP contribution in [0, 0.1) is 13.8 Å². The number of piperidine rings is 1. The van der Waals surface area contributed by atoms with E-state index in [4.69, 9.17) is 16.3 Å². The van der Waals surface area contributed by atoms with E-state index >= 15 is 0 Å². The van der Waals surface area contributed by atoms with Crippen LogP contribution in [-0.4, -0.2) is 43.3 Å². The van der Waals surface area contributed by atoms with Gasteiger partial charge < -0.3 is 15.2 Å². The zero-order valence-corrected chi connectivity index (χ0v) is 20.8. The molecule has 1 fully saturated rings. The highest BCUT2D eigenvalue weighted by atomic mass is 35.5. The maximum Gasteiger partial charge on any atom is 0.417 e. The molecule has 1 aliphatic heterocycles. The molecule has 1 saturated heterocycles. The third kappa shape index (κ3) is 6.45. The second kappa shape index (κ2) is 11.3. The third-order valence-corrected chi connectivity index (χ3v) is 7.14. The van der Waals surface area contributed by atoms with Gasteiger partial charge in [0, 0.05) is 19.6 Å². The predicted molar refractivity (Wildman–Crippen MR) is 129 cm³/mol. The second-order valence-electron chi connectivity index (χ2n) is 9.13. The molecule has 2 N–H and O–H groups in total. The van der Waals surface area contributed by atoms with Gasteiger partial charge in [-0.15, -0.1) is 0 Å². The van der Waals surface area contributed by atoms with E-state index in [0.29, 0.717) is 32.5 Å². The Labute approximate surface area is 205 Å². The first-order valence-electron chi connectivity index (χ1n) is 11.7. The van der Waals surface area contributed by atoms with Crippen molar-refractivity contribution in [1.29, 1.82) is 0 Å². The molecule has 0 amide bonds. The molecule has 0 atom stereocenters. The lowest BCUT2D eigenvalue weighted by atomic mass is 9.83. The first kappa shape index (κ1) is 26.8. The SMILES string of the molecule is CNCCCCOc1ccc(CN2CCC(O)(c3ccc(Cl)c(C(F)(F)F)c3)CC2)c(C)c1C. The summed E-state index contributed by atoms with van der Waals surface area (Å²) >= 11 is 5.74. The molecule has 188 valence electrons. The van der Waals surface area contributed by atoms with Crippen molar-refractivity contribution >= 4 is 11.6 Å². The first-order chi connectivity index (χ1) is 16.0. The van der Waals surface area contributed by atoms with E-state index in [1.807, 2.05) is 13.1 Å². The molecule has 0 saturated carbocycles. The molecule has 4 nitrogen and oxygen atoms in total. The summed E-state index contributed by atoms with van der Waals surface area (Å²) in [6, 6.07) is 7.81. The van der Waals surface area contributed by atoms with E-state index in [1.165, 1.54) is 23.3 Å². The summed E-state index contributed by atoms with van der Waals surface area (Å²) in [7, 11) is 1.94. The third-order valence-electron chi connectivity index (χ3n) is 6.81. The van der Waals surface area contributed by atoms with Gasteiger partial charge in [-0.2, -0.15) is 13.2 Å². The molecule has 8 heteroatoms. The predicted octanol–water partition coefficient (Wildman–Crippen LogP) is 5.84. The number of rotatable bonds is 9. The second-order valence-corrected chi connectivity index (χ2v) is 9.54. The molecule has 0 aliphatic carbocycles. The van der Waals surface area contributed by atoms with Gasteiger partial charge >= 0.3 is 6.18 Å². The van der Waals surface area contributed by atoms with Crippen LogP contribution in [0.2, 0.25) is 5.02 Å². The van der Waals surface area contributed by atoms with Crippen molar-refractivity contribution in [2.24, 2.45) is 0 Å². The van der Waals surface area contributed by atoms with Crippen molar-refractivity contribution in [3.63, 3.8) is 0 Å². The fourth-order valence-electron chi connectivity index (χ4n) is 4.41. The first-order valence-corrected chi connectivity index (χ1v) is 12.1. The van der Waals surface area contributed by atoms with Crippen molar-refractivity contribution in [2.45, 2.75) is 57.9 Å². The lowest BCUT2D eigenvalue weighted by Crippen LogP contribution is -2.42. The van der Waals surface area contributed by atoms with E-state index < -0.39 is 17.3 Å². The van der Waals surface area contributed by atoms with E-state index in [9.17, 15) is 18.3 Å². The lowest BCUT2D eigenvalue weighted by molar-refractivity contribution is -0.137. The number of ether oxygens (including phenoxy) is 1. The molecule has 3 rings (SSSR count). The highest BCUT2D eigenvalue weighted by Gasteiger charge is 2.38. The Morgan fingerprint density at radius 3 is 2.44 bits per heavy atom. The van der Waals surface area contributed by atoms with Gasteiger partial charge in [-0.25, -0.2) is 0 Å². The van der Waals surface area contributed by atoms with Crippen molar-refractivity contribution in [1.82, 2.24) is 10.2 Å². The van der Waals surface area contributed by atoms with Crippen LogP contribution in [0.1, 0.15) is 53.5 Å². The standard InChI is InChI=1S/C26H34ClF3N2O2/c1-18-19(2)24(34-15-5-4-12-31-3)9-6-20(18)17-32-13-10-25(33,11-14-32)21-7-8-23(27)22(16-21)26(28,29)30/h6-9,16,31,33H,4-5,10-15,17H2,1-3H3. The maximum atomic E-state index is 13.3. The van der Waals surface area contributed by atoms with Crippen molar-refractivity contribution in [2.75, 3.05) is 33.3 Å². The normalized spacial score (nSPS) is 16.6. The Balaban J connectivity index is 1.61. The quantitative estimate of drug-likeness (QED) is 0.426. The smallest absolute Gasteiger partial charge is 0.417 e. The Bertz CT molecular complexity index is 973. The molecule has 0 aromatic heterocycles. The molecule has 0 spiro atoms. The van der Waals surface area contributed by atoms with E-state index in [0.717, 1.165) is 43.3 Å². The minimum Gasteiger partial charge on any atom is -0.493 e. The number of hydrogen-bond donors (Lipinski definition) is 2. The van der Waals surface area contributed by atoms with E-state index in [2.05, 4.69) is 30.1 Å². The Kier molecular flexibility index (Phi) is 8.90. The average Bonchev–Trinajstić information content (AvgIpc) is 2.79. The molecule has 0 radical (unpaired) electrons. The maximum absolute atomic E-state index is 13.3. The number of alkyl halides is 3. The van der Waals surface area contributed by atoms with Gasteiger partial charge in [0.2, 0.25) is 0 Å². The van der Waals surface area contributed by atoms with Crippen LogP contribution in [0.25, 0.3) is 0 Å². The van der Waals surface area contributed by atoms with E-state index in [1.54, 1.807) is 0 Å². The summed E-state index contributed by atoms with van der Waals surface area (Å²) in [6.45, 7) is 7.71. The van der Waals surface area contributed by atoms with Crippen molar-refractivity contribution in [3.8, 4) is 5.75 Å². The zero-order chi connectivity index (χ0) is 24.9. The molecule has 2 aromatic rings. The summed E-state index contributed by atoms with van der Waals surface area (Å²) < 4.78 is 45.7. The summed E-state index contributed by atoms with van der Waals surface area (Å²) in [4.78, 5) is 2.23. The lowest BCUT2D eigenvalue weighted by Gasteiger charge is -2.39. The van der Waals surface area contributed by atoms with Crippen LogP contribution in [-0.2, 0) is 18.3 Å². The van der Waals surface area contributed by atoms with Gasteiger partial charge in [0.25, 0.3) is 0 Å². The zero-order valence-electron chi connectivity index (χ0n) is 20.1. The number of aliphatic hydroxyl groups is 1. The number of unbranched alkanes of at least 4 members (excludes halogenated alkanes) is 1. The molecule has 0 unspecified atom stereocenters. The highest BCUT2D eigenvalue weighted by molar-refractivity contribution is 6.31. The van der Waals surface area contributed by atoms with Gasteiger partial charge in [-0.05, 0) is 93.6 Å². The Morgan fingerprint density at radius 1 is 1.09 bits per heavy atom. The minimum absolute atomic E-state index is 0.270. The molecular formula is C26H34ClF3N2O2. The average molecular weight is 499 g/mol. The summed E-state index contributed by atoms with van der Waals surface area (Å²) in [5.74, 6) is 0.905. The van der Waals surface area contributed by atoms with Crippen molar-refractivity contribution in [3.05, 3.63) is 63.2 Å².